The third-order valence-corrected chi connectivity index (χ3v) is 8.94. The smallest absolute Gasteiger partial charge is 0.324 e. The van der Waals surface area contributed by atoms with Gasteiger partial charge < -0.3 is 25.0 Å². The molecule has 6 aromatic rings. The first-order chi connectivity index (χ1) is 25.5. The Morgan fingerprint density at radius 1 is 0.868 bits per heavy atom. The summed E-state index contributed by atoms with van der Waals surface area (Å²) in [6, 6.07) is 24.7. The summed E-state index contributed by atoms with van der Waals surface area (Å²) in [7, 11) is 1.64. The van der Waals surface area contributed by atoms with E-state index in [0.29, 0.717) is 42.0 Å². The number of aryl methyl sites for hydroxylation is 1. The number of amides is 3. The van der Waals surface area contributed by atoms with Crippen molar-refractivity contribution in [2.45, 2.75) is 45.8 Å². The third-order valence-electron chi connectivity index (χ3n) is 8.94. The van der Waals surface area contributed by atoms with Crippen LogP contribution in [0.3, 0.4) is 0 Å². The first kappa shape index (κ1) is 35.1. The molecular weight excluding hydrogens is 670 g/mol. The van der Waals surface area contributed by atoms with E-state index in [-0.39, 0.29) is 29.7 Å². The van der Waals surface area contributed by atoms with Crippen LogP contribution in [0.5, 0.6) is 5.75 Å². The van der Waals surface area contributed by atoms with E-state index >= 15 is 0 Å². The molecule has 0 aliphatic carbocycles. The number of methoxy groups -OCH3 is 1. The van der Waals surface area contributed by atoms with Crippen molar-refractivity contribution in [3.63, 3.8) is 0 Å². The van der Waals surface area contributed by atoms with Gasteiger partial charge in [-0.2, -0.15) is 5.10 Å². The number of nitrogens with zero attached hydrogens (tertiary/aromatic N) is 6. The Morgan fingerprint density at radius 3 is 2.36 bits per heavy atom. The van der Waals surface area contributed by atoms with Gasteiger partial charge in [0.2, 0.25) is 0 Å². The van der Waals surface area contributed by atoms with Crippen LogP contribution >= 0.6 is 0 Å². The van der Waals surface area contributed by atoms with E-state index in [1.165, 1.54) is 12.4 Å². The molecule has 3 amide bonds. The summed E-state index contributed by atoms with van der Waals surface area (Å²) in [5.41, 5.74) is 4.42. The molecule has 4 heterocycles. The molecule has 3 aromatic carbocycles. The molecule has 1 saturated heterocycles. The van der Waals surface area contributed by atoms with Crippen LogP contribution in [-0.4, -0.2) is 67.9 Å². The fraction of sp³-hybridized carbons (Fsp3) is 0.250. The highest BCUT2D eigenvalue weighted by atomic mass is 16.5. The van der Waals surface area contributed by atoms with Crippen molar-refractivity contribution in [3.05, 3.63) is 120 Å². The van der Waals surface area contributed by atoms with E-state index in [0.717, 1.165) is 33.3 Å². The van der Waals surface area contributed by atoms with E-state index in [1.54, 1.807) is 22.9 Å². The molecule has 0 unspecified atom stereocenters. The van der Waals surface area contributed by atoms with Crippen LogP contribution in [0.2, 0.25) is 0 Å². The molecule has 7 rings (SSSR count). The van der Waals surface area contributed by atoms with Gasteiger partial charge in [-0.15, -0.1) is 0 Å². The maximum atomic E-state index is 13.5. The molecule has 13 nitrogen and oxygen atoms in total. The highest BCUT2D eigenvalue weighted by Crippen LogP contribution is 2.33. The molecule has 270 valence electrons. The number of anilines is 4. The topological polar surface area (TPSA) is 148 Å². The molecule has 0 bridgehead atoms. The van der Waals surface area contributed by atoms with E-state index in [2.05, 4.69) is 51.7 Å². The lowest BCUT2D eigenvalue weighted by Gasteiger charge is -2.37. The van der Waals surface area contributed by atoms with Crippen molar-refractivity contribution in [2.75, 3.05) is 36.1 Å². The van der Waals surface area contributed by atoms with Crippen LogP contribution in [0.25, 0.3) is 16.5 Å². The van der Waals surface area contributed by atoms with Gasteiger partial charge in [-0.3, -0.25) is 10.1 Å². The minimum absolute atomic E-state index is 0.0686. The van der Waals surface area contributed by atoms with Crippen molar-refractivity contribution in [1.29, 1.82) is 0 Å². The zero-order chi connectivity index (χ0) is 37.1. The molecular formula is C40H41N9O4. The minimum atomic E-state index is -0.392. The van der Waals surface area contributed by atoms with Gasteiger partial charge in [0, 0.05) is 48.6 Å². The number of aromatic nitrogens is 5. The number of fused-ring (bicyclic) bond motifs is 1. The summed E-state index contributed by atoms with van der Waals surface area (Å²) in [5.74, 6) is 2.06. The van der Waals surface area contributed by atoms with Crippen LogP contribution < -0.4 is 20.7 Å². The van der Waals surface area contributed by atoms with Crippen molar-refractivity contribution < 1.29 is 19.1 Å². The molecule has 3 aromatic heterocycles. The van der Waals surface area contributed by atoms with E-state index < -0.39 is 6.03 Å². The number of ether oxygens (including phenoxy) is 2. The maximum Gasteiger partial charge on any atom is 0.324 e. The van der Waals surface area contributed by atoms with E-state index in [9.17, 15) is 9.59 Å². The second kappa shape index (κ2) is 14.7. The van der Waals surface area contributed by atoms with Crippen LogP contribution in [0, 0.1) is 6.92 Å². The number of benzene rings is 3. The Kier molecular flexibility index (Phi) is 9.74. The van der Waals surface area contributed by atoms with Gasteiger partial charge in [0.25, 0.3) is 5.91 Å². The normalized spacial score (nSPS) is 13.0. The molecule has 53 heavy (non-hydrogen) atoms. The first-order valence-corrected chi connectivity index (χ1v) is 17.3. The Morgan fingerprint density at radius 2 is 1.64 bits per heavy atom. The zero-order valence-electron chi connectivity index (χ0n) is 30.3. The lowest BCUT2D eigenvalue weighted by molar-refractivity contribution is -0.0194. The Hall–Kier alpha value is -6.34. The van der Waals surface area contributed by atoms with E-state index in [1.807, 2.05) is 85.8 Å². The number of urea groups is 1. The van der Waals surface area contributed by atoms with Gasteiger partial charge in [-0.25, -0.2) is 24.4 Å². The second-order valence-corrected chi connectivity index (χ2v) is 14.0. The van der Waals surface area contributed by atoms with Crippen molar-refractivity contribution >= 4 is 45.9 Å². The zero-order valence-corrected chi connectivity index (χ0v) is 30.3. The average molecular weight is 712 g/mol. The summed E-state index contributed by atoms with van der Waals surface area (Å²) in [4.78, 5) is 40.8. The summed E-state index contributed by atoms with van der Waals surface area (Å²) >= 11 is 0. The number of nitrogens with one attached hydrogen (secondary N) is 3. The van der Waals surface area contributed by atoms with Crippen LogP contribution in [0.4, 0.5) is 27.9 Å². The van der Waals surface area contributed by atoms with Gasteiger partial charge in [0.15, 0.2) is 0 Å². The number of pyridine rings is 1. The van der Waals surface area contributed by atoms with Gasteiger partial charge in [-0.05, 0) is 48.9 Å². The summed E-state index contributed by atoms with van der Waals surface area (Å²) in [6.45, 7) is 9.66. The molecule has 1 fully saturated rings. The lowest BCUT2D eigenvalue weighted by atomic mass is 9.92. The van der Waals surface area contributed by atoms with E-state index in [4.69, 9.17) is 14.6 Å². The third kappa shape index (κ3) is 7.95. The second-order valence-electron chi connectivity index (χ2n) is 14.0. The van der Waals surface area contributed by atoms with Crippen LogP contribution in [0.1, 0.15) is 48.1 Å². The molecule has 0 spiro atoms. The Bertz CT molecular complexity index is 2260. The molecule has 13 heteroatoms. The quantitative estimate of drug-likeness (QED) is 0.134. The van der Waals surface area contributed by atoms with Crippen molar-refractivity contribution in [3.8, 4) is 11.4 Å². The minimum Gasteiger partial charge on any atom is -0.488 e. The first-order valence-electron chi connectivity index (χ1n) is 17.3. The Labute approximate surface area is 307 Å². The molecule has 0 atom stereocenters. The van der Waals surface area contributed by atoms with Crippen molar-refractivity contribution in [2.24, 2.45) is 0 Å². The highest BCUT2D eigenvalue weighted by molar-refractivity contribution is 6.07. The SMILES string of the molecule is COC1CN(C(=O)c2cnc(Nc3cc(COc4ccc(NC(=O)Nc5cc(C(C)(C)C)nn5-c5ccc(C)cc5)c5ccccc45)ccn3)cn2)C1. The summed E-state index contributed by atoms with van der Waals surface area (Å²) in [6.07, 6.45) is 4.71. The highest BCUT2D eigenvalue weighted by Gasteiger charge is 2.32. The van der Waals surface area contributed by atoms with Crippen LogP contribution in [-0.2, 0) is 16.8 Å². The predicted molar refractivity (Wildman–Crippen MR) is 204 cm³/mol. The van der Waals surface area contributed by atoms with Gasteiger partial charge in [0.1, 0.15) is 35.5 Å². The molecule has 3 N–H and O–H groups in total. The maximum absolute atomic E-state index is 13.5. The summed E-state index contributed by atoms with van der Waals surface area (Å²) in [5, 5.41) is 15.7. The molecule has 0 saturated carbocycles. The standard InChI is InChI=1S/C40H41N9O4/c1-25-10-12-27(13-11-25)49-37(19-34(47-49)40(2,3)4)46-39(51)44-31-14-15-33(30-9-7-6-8-29(30)31)53-24-26-16-17-41-35(18-26)45-36-21-42-32(20-43-36)38(50)48-22-28(23-48)52-5/h6-21,28H,22-24H2,1-5H3,(H,41,43,45)(H2,44,46,51). The Balaban J connectivity index is 1.01. The number of carbonyl (C=O) groups excluding carboxylic acids is 2. The van der Waals surface area contributed by atoms with Gasteiger partial charge >= 0.3 is 6.03 Å². The number of carbonyl (C=O) groups is 2. The number of likely N-dealkylation sites (tertiary alicyclic amines) is 1. The average Bonchev–Trinajstić information content (AvgIpc) is 3.56. The van der Waals surface area contributed by atoms with Gasteiger partial charge in [-0.1, -0.05) is 62.7 Å². The molecule has 1 aliphatic rings. The van der Waals surface area contributed by atoms with Crippen LogP contribution in [0.15, 0.2) is 97.5 Å². The molecule has 1 aliphatic heterocycles. The monoisotopic (exact) mass is 711 g/mol. The largest absolute Gasteiger partial charge is 0.488 e. The number of rotatable bonds is 10. The lowest BCUT2D eigenvalue weighted by Crippen LogP contribution is -2.54. The van der Waals surface area contributed by atoms with Crippen molar-refractivity contribution in [1.82, 2.24) is 29.6 Å². The summed E-state index contributed by atoms with van der Waals surface area (Å²) < 4.78 is 13.3. The predicted octanol–water partition coefficient (Wildman–Crippen LogP) is 7.25. The number of hydrogen-bond donors (Lipinski definition) is 3. The number of hydrogen-bond acceptors (Lipinski definition) is 9. The molecule has 0 radical (unpaired) electrons. The fourth-order valence-electron chi connectivity index (χ4n) is 5.84. The fourth-order valence-corrected chi connectivity index (χ4v) is 5.84. The van der Waals surface area contributed by atoms with Gasteiger partial charge in [0.05, 0.1) is 35.6 Å².